The van der Waals surface area contributed by atoms with Crippen molar-refractivity contribution in [3.63, 3.8) is 0 Å². The number of aryl methyl sites for hydroxylation is 1. The minimum absolute atomic E-state index is 0.0893. The fraction of sp³-hybridized carbons (Fsp3) is 0.174. The minimum Gasteiger partial charge on any atom is -0.308 e. The number of nitrogens with one attached hydrogen (secondary N) is 3. The highest BCUT2D eigenvalue weighted by Gasteiger charge is 2.19. The first-order chi connectivity index (χ1) is 15.1. The van der Waals surface area contributed by atoms with Crippen molar-refractivity contribution in [3.8, 4) is 0 Å². The first kappa shape index (κ1) is 23.4. The van der Waals surface area contributed by atoms with E-state index in [9.17, 15) is 22.0 Å². The average molecular weight is 460 g/mol. The number of amides is 2. The Morgan fingerprint density at radius 3 is 2.25 bits per heavy atom. The van der Waals surface area contributed by atoms with E-state index < -0.39 is 27.7 Å². The van der Waals surface area contributed by atoms with Crippen molar-refractivity contribution in [1.29, 1.82) is 0 Å². The van der Waals surface area contributed by atoms with Crippen LogP contribution in [0.4, 0.5) is 25.0 Å². The molecule has 0 aromatic heterocycles. The summed E-state index contributed by atoms with van der Waals surface area (Å²) in [6.07, 6.45) is 0. The third kappa shape index (κ3) is 6.12. The normalized spacial score (nSPS) is 12.2. The second-order valence-corrected chi connectivity index (χ2v) is 9.11. The zero-order valence-electron chi connectivity index (χ0n) is 17.5. The Balaban J connectivity index is 1.58. The van der Waals surface area contributed by atoms with E-state index in [0.29, 0.717) is 16.9 Å². The first-order valence-electron chi connectivity index (χ1n) is 9.83. The maximum absolute atomic E-state index is 13.5. The highest BCUT2D eigenvalue weighted by molar-refractivity contribution is 7.89. The lowest BCUT2D eigenvalue weighted by Crippen LogP contribution is -2.28. The molecule has 3 aromatic rings. The van der Waals surface area contributed by atoms with E-state index in [4.69, 9.17) is 0 Å². The van der Waals surface area contributed by atoms with Gasteiger partial charge < -0.3 is 10.6 Å². The molecule has 0 saturated heterocycles. The lowest BCUT2D eigenvalue weighted by atomic mass is 10.0. The average Bonchev–Trinajstić information content (AvgIpc) is 2.74. The maximum atomic E-state index is 13.5. The first-order valence-corrected chi connectivity index (χ1v) is 11.3. The van der Waals surface area contributed by atoms with Crippen molar-refractivity contribution in [1.82, 2.24) is 4.72 Å². The van der Waals surface area contributed by atoms with Crippen LogP contribution in [-0.2, 0) is 10.0 Å². The third-order valence-electron chi connectivity index (χ3n) is 4.84. The molecule has 1 unspecified atom stereocenters. The molecule has 0 spiro atoms. The van der Waals surface area contributed by atoms with Gasteiger partial charge in [-0.1, -0.05) is 31.2 Å². The molecule has 9 heteroatoms. The Kier molecular flexibility index (Phi) is 7.22. The topological polar surface area (TPSA) is 87.3 Å². The van der Waals surface area contributed by atoms with Crippen molar-refractivity contribution in [2.45, 2.75) is 24.7 Å². The Bertz CT molecular complexity index is 1220. The number of hydrogen-bond acceptors (Lipinski definition) is 3. The summed E-state index contributed by atoms with van der Waals surface area (Å²) in [5, 5.41) is 5.18. The lowest BCUT2D eigenvalue weighted by Gasteiger charge is -2.15. The van der Waals surface area contributed by atoms with Crippen molar-refractivity contribution < 1.29 is 22.0 Å². The van der Waals surface area contributed by atoms with Crippen LogP contribution in [0.25, 0.3) is 0 Å². The molecule has 0 aliphatic carbocycles. The van der Waals surface area contributed by atoms with E-state index in [1.807, 2.05) is 6.92 Å². The van der Waals surface area contributed by atoms with Crippen LogP contribution in [0.1, 0.15) is 24.0 Å². The van der Waals surface area contributed by atoms with Crippen LogP contribution in [0.2, 0.25) is 0 Å². The summed E-state index contributed by atoms with van der Waals surface area (Å²) in [6, 6.07) is 15.6. The summed E-state index contributed by atoms with van der Waals surface area (Å²) in [5.41, 5.74) is 2.15. The van der Waals surface area contributed by atoms with E-state index in [1.165, 1.54) is 30.3 Å². The smallest absolute Gasteiger partial charge is 0.308 e. The number of urea groups is 1. The molecule has 0 fully saturated rings. The van der Waals surface area contributed by atoms with Gasteiger partial charge >= 0.3 is 6.03 Å². The number of halogens is 2. The van der Waals surface area contributed by atoms with Gasteiger partial charge in [0.25, 0.3) is 0 Å². The van der Waals surface area contributed by atoms with Crippen molar-refractivity contribution in [2.24, 2.45) is 0 Å². The predicted molar refractivity (Wildman–Crippen MR) is 120 cm³/mol. The largest absolute Gasteiger partial charge is 0.323 e. The van der Waals surface area contributed by atoms with Gasteiger partial charge in [0.05, 0.1) is 4.90 Å². The van der Waals surface area contributed by atoms with Crippen LogP contribution in [0.3, 0.4) is 0 Å². The van der Waals surface area contributed by atoms with Gasteiger partial charge in [0.15, 0.2) is 0 Å². The molecule has 2 amide bonds. The van der Waals surface area contributed by atoms with Gasteiger partial charge in [-0.2, -0.15) is 0 Å². The summed E-state index contributed by atoms with van der Waals surface area (Å²) >= 11 is 0. The third-order valence-corrected chi connectivity index (χ3v) is 6.40. The molecule has 3 N–H and O–H groups in total. The molecule has 0 saturated carbocycles. The minimum atomic E-state index is -3.86. The van der Waals surface area contributed by atoms with E-state index in [-0.39, 0.29) is 17.4 Å². The van der Waals surface area contributed by atoms with Crippen LogP contribution in [0.15, 0.2) is 71.6 Å². The van der Waals surface area contributed by atoms with E-state index in [2.05, 4.69) is 15.4 Å². The van der Waals surface area contributed by atoms with Gasteiger partial charge in [0.2, 0.25) is 10.0 Å². The fourth-order valence-corrected chi connectivity index (χ4v) is 4.43. The Morgan fingerprint density at radius 2 is 1.56 bits per heavy atom. The summed E-state index contributed by atoms with van der Waals surface area (Å²) < 4.78 is 54.2. The van der Waals surface area contributed by atoms with Crippen LogP contribution < -0.4 is 15.4 Å². The second kappa shape index (κ2) is 9.88. The standard InChI is InChI=1S/C23H23F2N3O3S/c1-15-6-9-19(25)13-22(15)32(30,31)26-14-16(2)17-7-10-20(11-8-17)27-23(29)28-21-5-3-4-18(24)12-21/h3-13,16,26H,14H2,1-2H3,(H2,27,28,29). The lowest BCUT2D eigenvalue weighted by molar-refractivity contribution is 0.262. The maximum Gasteiger partial charge on any atom is 0.323 e. The number of carbonyl (C=O) groups is 1. The Labute approximate surface area is 185 Å². The molecule has 32 heavy (non-hydrogen) atoms. The molecule has 3 aromatic carbocycles. The van der Waals surface area contributed by atoms with Gasteiger partial charge in [-0.15, -0.1) is 0 Å². The number of anilines is 2. The number of sulfonamides is 1. The van der Waals surface area contributed by atoms with Crippen LogP contribution in [-0.4, -0.2) is 21.0 Å². The molecule has 0 aliphatic rings. The number of rotatable bonds is 7. The fourth-order valence-electron chi connectivity index (χ4n) is 3.05. The second-order valence-electron chi connectivity index (χ2n) is 7.37. The van der Waals surface area contributed by atoms with Gasteiger partial charge in [-0.3, -0.25) is 0 Å². The number of benzene rings is 3. The van der Waals surface area contributed by atoms with Crippen LogP contribution in [0, 0.1) is 18.6 Å². The summed E-state index contributed by atoms with van der Waals surface area (Å²) in [6.45, 7) is 3.57. The summed E-state index contributed by atoms with van der Waals surface area (Å²) in [4.78, 5) is 12.0. The summed E-state index contributed by atoms with van der Waals surface area (Å²) in [5.74, 6) is -1.24. The molecule has 168 valence electrons. The number of hydrogen-bond donors (Lipinski definition) is 3. The molecular weight excluding hydrogens is 436 g/mol. The SMILES string of the molecule is Cc1ccc(F)cc1S(=O)(=O)NCC(C)c1ccc(NC(=O)Nc2cccc(F)c2)cc1. The van der Waals surface area contributed by atoms with Crippen molar-refractivity contribution in [2.75, 3.05) is 17.2 Å². The van der Waals surface area contributed by atoms with Gasteiger partial charge in [-0.05, 0) is 66.4 Å². The van der Waals surface area contributed by atoms with E-state index in [1.54, 1.807) is 37.3 Å². The zero-order chi connectivity index (χ0) is 23.3. The number of carbonyl (C=O) groups excluding carboxylic acids is 1. The summed E-state index contributed by atoms with van der Waals surface area (Å²) in [7, 11) is -3.86. The predicted octanol–water partition coefficient (Wildman–Crippen LogP) is 5.00. The molecule has 0 heterocycles. The monoisotopic (exact) mass is 459 g/mol. The van der Waals surface area contributed by atoms with Crippen molar-refractivity contribution >= 4 is 27.4 Å². The van der Waals surface area contributed by atoms with Crippen LogP contribution in [0.5, 0.6) is 0 Å². The van der Waals surface area contributed by atoms with Gasteiger partial charge in [0, 0.05) is 17.9 Å². The van der Waals surface area contributed by atoms with E-state index in [0.717, 1.165) is 11.6 Å². The highest BCUT2D eigenvalue weighted by Crippen LogP contribution is 2.20. The molecule has 0 bridgehead atoms. The Morgan fingerprint density at radius 1 is 0.906 bits per heavy atom. The Hall–Kier alpha value is -3.30. The highest BCUT2D eigenvalue weighted by atomic mass is 32.2. The molecule has 3 rings (SSSR count). The molecule has 0 radical (unpaired) electrons. The van der Waals surface area contributed by atoms with E-state index >= 15 is 0 Å². The van der Waals surface area contributed by atoms with Crippen LogP contribution >= 0.6 is 0 Å². The molecular formula is C23H23F2N3O3S. The van der Waals surface area contributed by atoms with Crippen molar-refractivity contribution in [3.05, 3.63) is 89.5 Å². The van der Waals surface area contributed by atoms with Gasteiger partial charge in [0.1, 0.15) is 11.6 Å². The van der Waals surface area contributed by atoms with Gasteiger partial charge in [-0.25, -0.2) is 26.7 Å². The molecule has 6 nitrogen and oxygen atoms in total. The molecule has 0 aliphatic heterocycles. The molecule has 1 atom stereocenters. The quantitative estimate of drug-likeness (QED) is 0.465. The zero-order valence-corrected chi connectivity index (χ0v) is 18.3.